The van der Waals surface area contributed by atoms with E-state index in [0.717, 1.165) is 6.42 Å². The molecule has 0 heteroatoms. The van der Waals surface area contributed by atoms with Gasteiger partial charge in [0.05, 0.1) is 0 Å². The molecule has 0 spiro atoms. The van der Waals surface area contributed by atoms with E-state index in [0.29, 0.717) is 0 Å². The zero-order valence-electron chi connectivity index (χ0n) is 13.1. The van der Waals surface area contributed by atoms with Gasteiger partial charge in [0.1, 0.15) is 0 Å². The molecule has 0 saturated heterocycles. The lowest BCUT2D eigenvalue weighted by Gasteiger charge is -2.15. The van der Waals surface area contributed by atoms with Gasteiger partial charge in [-0.3, -0.25) is 0 Å². The van der Waals surface area contributed by atoms with Crippen LogP contribution in [-0.2, 0) is 6.42 Å². The molecule has 0 radical (unpaired) electrons. The van der Waals surface area contributed by atoms with Gasteiger partial charge >= 0.3 is 0 Å². The Hall–Kier alpha value is -1.82. The Morgan fingerprint density at radius 1 is 0.700 bits per heavy atom. The van der Waals surface area contributed by atoms with Gasteiger partial charge in [-0.2, -0.15) is 0 Å². The molecular weight excluding hydrogens is 240 g/mol. The van der Waals surface area contributed by atoms with Crippen molar-refractivity contribution in [2.24, 2.45) is 0 Å². The minimum absolute atomic E-state index is 1.11. The van der Waals surface area contributed by atoms with E-state index < -0.39 is 0 Å². The van der Waals surface area contributed by atoms with Crippen LogP contribution in [-0.4, -0.2) is 0 Å². The van der Waals surface area contributed by atoms with Crippen LogP contribution >= 0.6 is 0 Å². The first-order valence-corrected chi connectivity index (χ1v) is 7.36. The fraction of sp³-hybridized carbons (Fsp3) is 0.300. The highest BCUT2D eigenvalue weighted by Gasteiger charge is 2.18. The third-order valence-electron chi connectivity index (χ3n) is 4.79. The highest BCUT2D eigenvalue weighted by Crippen LogP contribution is 2.37. The molecule has 0 bridgehead atoms. The van der Waals surface area contributed by atoms with Crippen LogP contribution in [0.3, 0.4) is 0 Å². The quantitative estimate of drug-likeness (QED) is 0.632. The van der Waals surface area contributed by atoms with E-state index in [-0.39, 0.29) is 0 Å². The number of aryl methyl sites for hydroxylation is 2. The van der Waals surface area contributed by atoms with Gasteiger partial charge in [0, 0.05) is 0 Å². The van der Waals surface area contributed by atoms with Crippen molar-refractivity contribution in [2.75, 3.05) is 0 Å². The molecule has 0 saturated carbocycles. The molecule has 2 aromatic carbocycles. The maximum atomic E-state index is 2.37. The van der Waals surface area contributed by atoms with Crippen LogP contribution in [0.2, 0.25) is 0 Å². The summed E-state index contributed by atoms with van der Waals surface area (Å²) in [5, 5.41) is 0. The van der Waals surface area contributed by atoms with Gasteiger partial charge in [-0.05, 0) is 85.5 Å². The topological polar surface area (TPSA) is 0 Å². The largest absolute Gasteiger partial charge is 0.0683 e. The summed E-state index contributed by atoms with van der Waals surface area (Å²) in [5.41, 5.74) is 12.8. The first-order chi connectivity index (χ1) is 9.49. The Labute approximate surface area is 122 Å². The third-order valence-corrected chi connectivity index (χ3v) is 4.79. The number of hydrogen-bond acceptors (Lipinski definition) is 0. The average molecular weight is 262 g/mol. The predicted molar refractivity (Wildman–Crippen MR) is 88.2 cm³/mol. The van der Waals surface area contributed by atoms with E-state index in [2.05, 4.69) is 65.0 Å². The second kappa shape index (κ2) is 4.63. The van der Waals surface area contributed by atoms with Gasteiger partial charge in [-0.15, -0.1) is 0 Å². The van der Waals surface area contributed by atoms with Gasteiger partial charge in [0.2, 0.25) is 0 Å². The smallest absolute Gasteiger partial charge is 0.00577 e. The van der Waals surface area contributed by atoms with Crippen LogP contribution in [0.25, 0.3) is 17.2 Å². The van der Waals surface area contributed by atoms with Gasteiger partial charge in [-0.1, -0.05) is 35.9 Å². The van der Waals surface area contributed by atoms with Crippen LogP contribution in [0, 0.1) is 27.7 Å². The number of allylic oxidation sites excluding steroid dienone is 1. The highest BCUT2D eigenvalue weighted by atomic mass is 14.2. The Balaban J connectivity index is 2.28. The fourth-order valence-electron chi connectivity index (χ4n) is 3.23. The molecule has 2 aromatic rings. The number of hydrogen-bond donors (Lipinski definition) is 0. The second-order valence-corrected chi connectivity index (χ2v) is 6.17. The molecule has 20 heavy (non-hydrogen) atoms. The van der Waals surface area contributed by atoms with Gasteiger partial charge in [0.25, 0.3) is 0 Å². The van der Waals surface area contributed by atoms with Crippen LogP contribution in [0.4, 0.5) is 0 Å². The van der Waals surface area contributed by atoms with E-state index in [1.54, 1.807) is 0 Å². The lowest BCUT2D eigenvalue weighted by atomic mass is 9.89. The standard InChI is InChI=1S/C20H22/c1-12-10-19-14(3)7-9-18(20(19)11-12)17-8-6-13(2)15(4)16(17)5/h6-9,11H,10H2,1-5H3. The van der Waals surface area contributed by atoms with E-state index >= 15 is 0 Å². The monoisotopic (exact) mass is 262 g/mol. The number of benzene rings is 2. The predicted octanol–water partition coefficient (Wildman–Crippen LogP) is 5.55. The lowest BCUT2D eigenvalue weighted by Crippen LogP contribution is -1.95. The first kappa shape index (κ1) is 13.2. The normalized spacial score (nSPS) is 13.3. The van der Waals surface area contributed by atoms with E-state index in [1.807, 2.05) is 0 Å². The van der Waals surface area contributed by atoms with Crippen LogP contribution in [0.1, 0.15) is 40.3 Å². The molecule has 0 fully saturated rings. The van der Waals surface area contributed by atoms with Crippen molar-refractivity contribution in [1.29, 1.82) is 0 Å². The Kier molecular flexibility index (Phi) is 3.05. The van der Waals surface area contributed by atoms with Crippen molar-refractivity contribution in [3.8, 4) is 11.1 Å². The maximum Gasteiger partial charge on any atom is -0.00577 e. The fourth-order valence-corrected chi connectivity index (χ4v) is 3.23. The van der Waals surface area contributed by atoms with Crippen LogP contribution in [0.5, 0.6) is 0 Å². The van der Waals surface area contributed by atoms with Crippen molar-refractivity contribution >= 4 is 6.08 Å². The maximum absolute atomic E-state index is 2.37. The van der Waals surface area contributed by atoms with Crippen molar-refractivity contribution in [2.45, 2.75) is 41.0 Å². The number of rotatable bonds is 1. The Morgan fingerprint density at radius 2 is 1.35 bits per heavy atom. The molecule has 0 heterocycles. The van der Waals surface area contributed by atoms with Gasteiger partial charge < -0.3 is 0 Å². The molecule has 0 aromatic heterocycles. The minimum atomic E-state index is 1.11. The van der Waals surface area contributed by atoms with Crippen LogP contribution in [0.15, 0.2) is 29.8 Å². The molecule has 0 amide bonds. The number of fused-ring (bicyclic) bond motifs is 1. The van der Waals surface area contributed by atoms with E-state index in [4.69, 9.17) is 0 Å². The lowest BCUT2D eigenvalue weighted by molar-refractivity contribution is 1.16. The summed E-state index contributed by atoms with van der Waals surface area (Å²) in [5.74, 6) is 0. The summed E-state index contributed by atoms with van der Waals surface area (Å²) in [6, 6.07) is 9.09. The molecule has 3 rings (SSSR count). The van der Waals surface area contributed by atoms with Gasteiger partial charge in [-0.25, -0.2) is 0 Å². The first-order valence-electron chi connectivity index (χ1n) is 7.36. The van der Waals surface area contributed by atoms with Crippen molar-refractivity contribution < 1.29 is 0 Å². The van der Waals surface area contributed by atoms with Gasteiger partial charge in [0.15, 0.2) is 0 Å². The zero-order chi connectivity index (χ0) is 14.4. The van der Waals surface area contributed by atoms with Crippen molar-refractivity contribution in [3.63, 3.8) is 0 Å². The summed E-state index contributed by atoms with van der Waals surface area (Å²) in [7, 11) is 0. The highest BCUT2D eigenvalue weighted by molar-refractivity contribution is 5.83. The molecule has 102 valence electrons. The summed E-state index contributed by atoms with van der Waals surface area (Å²) in [6.45, 7) is 11.1. The van der Waals surface area contributed by atoms with Crippen LogP contribution < -0.4 is 0 Å². The van der Waals surface area contributed by atoms with Crippen molar-refractivity contribution in [1.82, 2.24) is 0 Å². The molecule has 1 aliphatic rings. The summed E-state index contributed by atoms with van der Waals surface area (Å²) in [4.78, 5) is 0. The molecule has 0 unspecified atom stereocenters. The summed E-state index contributed by atoms with van der Waals surface area (Å²) in [6.07, 6.45) is 3.48. The van der Waals surface area contributed by atoms with Crippen molar-refractivity contribution in [3.05, 3.63) is 63.2 Å². The Morgan fingerprint density at radius 3 is 2.10 bits per heavy atom. The Bertz CT molecular complexity index is 730. The third kappa shape index (κ3) is 1.91. The molecule has 1 aliphatic carbocycles. The molecule has 0 aliphatic heterocycles. The second-order valence-electron chi connectivity index (χ2n) is 6.17. The zero-order valence-corrected chi connectivity index (χ0v) is 13.1. The molecule has 0 nitrogen and oxygen atoms in total. The minimum Gasteiger partial charge on any atom is -0.0683 e. The molecule has 0 N–H and O–H groups in total. The summed E-state index contributed by atoms with van der Waals surface area (Å²) >= 11 is 0. The van der Waals surface area contributed by atoms with E-state index in [9.17, 15) is 0 Å². The molecule has 0 atom stereocenters. The summed E-state index contributed by atoms with van der Waals surface area (Å²) < 4.78 is 0. The molecular formula is C20H22. The SMILES string of the molecule is CC1=Cc2c(-c3ccc(C)c(C)c3C)ccc(C)c2C1. The van der Waals surface area contributed by atoms with E-state index in [1.165, 1.54) is 50.1 Å². The average Bonchev–Trinajstić information content (AvgIpc) is 2.80.